The molecule has 1 saturated heterocycles. The van der Waals surface area contributed by atoms with E-state index < -0.39 is 0 Å². The van der Waals surface area contributed by atoms with Gasteiger partial charge in [0.1, 0.15) is 0 Å². The van der Waals surface area contributed by atoms with Gasteiger partial charge in [-0.1, -0.05) is 54.6 Å². The Bertz CT molecular complexity index is 1070. The number of carbonyl (C=O) groups is 3. The van der Waals surface area contributed by atoms with Crippen LogP contribution in [0.25, 0.3) is 10.8 Å². The van der Waals surface area contributed by atoms with Crippen LogP contribution in [-0.4, -0.2) is 29.3 Å². The molecule has 29 heavy (non-hydrogen) atoms. The van der Waals surface area contributed by atoms with Crippen LogP contribution in [0, 0.1) is 0 Å². The second-order valence-electron chi connectivity index (χ2n) is 7.10. The van der Waals surface area contributed by atoms with Crippen molar-refractivity contribution in [3.05, 3.63) is 83.4 Å². The van der Waals surface area contributed by atoms with E-state index in [0.717, 1.165) is 26.8 Å². The fourth-order valence-electron chi connectivity index (χ4n) is 3.55. The second kappa shape index (κ2) is 7.75. The van der Waals surface area contributed by atoms with Gasteiger partial charge < -0.3 is 10.6 Å². The summed E-state index contributed by atoms with van der Waals surface area (Å²) in [5.74, 6) is -0.423. The molecule has 1 heterocycles. The quantitative estimate of drug-likeness (QED) is 0.659. The number of benzene rings is 3. The van der Waals surface area contributed by atoms with Crippen LogP contribution in [0.15, 0.2) is 66.7 Å². The zero-order valence-electron chi connectivity index (χ0n) is 16.0. The maximum absolute atomic E-state index is 12.7. The van der Waals surface area contributed by atoms with Crippen LogP contribution < -0.4 is 10.6 Å². The molecule has 0 spiro atoms. The van der Waals surface area contributed by atoms with Crippen LogP contribution >= 0.6 is 0 Å². The number of amides is 4. The third-order valence-electron chi connectivity index (χ3n) is 5.13. The lowest BCUT2D eigenvalue weighted by molar-refractivity contribution is -0.125. The number of hydrogen-bond acceptors (Lipinski definition) is 3. The Hall–Kier alpha value is -3.67. The average Bonchev–Trinajstić information content (AvgIpc) is 3.05. The normalized spacial score (nSPS) is 14.7. The number of imide groups is 1. The number of nitrogens with one attached hydrogen (secondary N) is 2. The lowest BCUT2D eigenvalue weighted by Gasteiger charge is -2.17. The zero-order valence-corrected chi connectivity index (χ0v) is 16.0. The standard InChI is InChI=1S/C23H21N3O3/c1-15(19-8-4-6-17-5-2-3-7-20(17)19)25-22(28)18-11-9-16(10-12-18)14-26-21(27)13-24-23(26)29/h2-12,15H,13-14H2,1H3,(H,24,29)(H,25,28). The van der Waals surface area contributed by atoms with Gasteiger partial charge >= 0.3 is 6.03 Å². The number of urea groups is 1. The molecule has 2 N–H and O–H groups in total. The molecule has 146 valence electrons. The molecule has 1 atom stereocenters. The molecule has 3 aromatic rings. The zero-order chi connectivity index (χ0) is 20.4. The van der Waals surface area contributed by atoms with Crippen molar-refractivity contribution < 1.29 is 14.4 Å². The summed E-state index contributed by atoms with van der Waals surface area (Å²) in [7, 11) is 0. The Labute approximate surface area is 168 Å². The molecule has 1 aliphatic rings. The van der Waals surface area contributed by atoms with Gasteiger partial charge in [-0.2, -0.15) is 0 Å². The van der Waals surface area contributed by atoms with Crippen LogP contribution in [0.5, 0.6) is 0 Å². The van der Waals surface area contributed by atoms with E-state index in [2.05, 4.69) is 28.8 Å². The Morgan fingerprint density at radius 3 is 2.48 bits per heavy atom. The van der Waals surface area contributed by atoms with E-state index in [-0.39, 0.29) is 37.0 Å². The predicted octanol–water partition coefficient (Wildman–Crippen LogP) is 3.38. The van der Waals surface area contributed by atoms with Crippen LogP contribution in [0.1, 0.15) is 34.5 Å². The fourth-order valence-corrected chi connectivity index (χ4v) is 3.55. The van der Waals surface area contributed by atoms with E-state index in [4.69, 9.17) is 0 Å². The summed E-state index contributed by atoms with van der Waals surface area (Å²) in [6, 6.07) is 20.6. The highest BCUT2D eigenvalue weighted by molar-refractivity contribution is 6.02. The van der Waals surface area contributed by atoms with Gasteiger partial charge in [0.2, 0.25) is 5.91 Å². The van der Waals surface area contributed by atoms with Crippen molar-refractivity contribution in [2.75, 3.05) is 6.54 Å². The monoisotopic (exact) mass is 387 g/mol. The van der Waals surface area contributed by atoms with Crippen molar-refractivity contribution in [2.24, 2.45) is 0 Å². The van der Waals surface area contributed by atoms with Crippen LogP contribution in [0.2, 0.25) is 0 Å². The molecule has 1 fully saturated rings. The van der Waals surface area contributed by atoms with Crippen LogP contribution in [-0.2, 0) is 11.3 Å². The SMILES string of the molecule is CC(NC(=O)c1ccc(CN2C(=O)CNC2=O)cc1)c1cccc2ccccc12. The summed E-state index contributed by atoms with van der Waals surface area (Å²) in [6.45, 7) is 2.19. The maximum Gasteiger partial charge on any atom is 0.324 e. The molecule has 1 aliphatic heterocycles. The van der Waals surface area contributed by atoms with Crippen molar-refractivity contribution >= 4 is 28.6 Å². The fraction of sp³-hybridized carbons (Fsp3) is 0.174. The van der Waals surface area contributed by atoms with E-state index >= 15 is 0 Å². The van der Waals surface area contributed by atoms with E-state index in [0.29, 0.717) is 5.56 Å². The molecule has 6 heteroatoms. The summed E-state index contributed by atoms with van der Waals surface area (Å²) < 4.78 is 0. The molecule has 6 nitrogen and oxygen atoms in total. The molecule has 0 aromatic heterocycles. The minimum atomic E-state index is -0.388. The number of fused-ring (bicyclic) bond motifs is 1. The molecule has 1 unspecified atom stereocenters. The van der Waals surface area contributed by atoms with Gasteiger partial charge in [0.15, 0.2) is 0 Å². The Morgan fingerprint density at radius 1 is 1.03 bits per heavy atom. The van der Waals surface area contributed by atoms with Crippen LogP contribution in [0.3, 0.4) is 0 Å². The van der Waals surface area contributed by atoms with Gasteiger partial charge in [-0.05, 0) is 41.0 Å². The first-order chi connectivity index (χ1) is 14.0. The molecule has 0 radical (unpaired) electrons. The minimum Gasteiger partial charge on any atom is -0.345 e. The van der Waals surface area contributed by atoms with E-state index in [9.17, 15) is 14.4 Å². The molecule has 0 aliphatic carbocycles. The predicted molar refractivity (Wildman–Crippen MR) is 110 cm³/mol. The first kappa shape index (κ1) is 18.7. The van der Waals surface area contributed by atoms with Gasteiger partial charge in [0, 0.05) is 5.56 Å². The number of carbonyl (C=O) groups excluding carboxylic acids is 3. The number of hydrogen-bond donors (Lipinski definition) is 2. The van der Waals surface area contributed by atoms with Crippen LogP contribution in [0.4, 0.5) is 4.79 Å². The first-order valence-electron chi connectivity index (χ1n) is 9.48. The van der Waals surface area contributed by atoms with Gasteiger partial charge in [-0.25, -0.2) is 4.79 Å². The number of rotatable bonds is 5. The highest BCUT2D eigenvalue weighted by Gasteiger charge is 2.28. The molecule has 4 rings (SSSR count). The molecule has 0 saturated carbocycles. The molecule has 3 aromatic carbocycles. The van der Waals surface area contributed by atoms with Crippen molar-refractivity contribution in [2.45, 2.75) is 19.5 Å². The average molecular weight is 387 g/mol. The Morgan fingerprint density at radius 2 is 1.76 bits per heavy atom. The smallest absolute Gasteiger partial charge is 0.324 e. The van der Waals surface area contributed by atoms with E-state index in [1.165, 1.54) is 0 Å². The molecule has 4 amide bonds. The summed E-state index contributed by atoms with van der Waals surface area (Å²) in [4.78, 5) is 37.2. The Kier molecular flexibility index (Phi) is 4.99. The van der Waals surface area contributed by atoms with Crippen molar-refractivity contribution in [1.29, 1.82) is 0 Å². The summed E-state index contributed by atoms with van der Waals surface area (Å²) in [5.41, 5.74) is 2.37. The van der Waals surface area contributed by atoms with E-state index in [1.54, 1.807) is 24.3 Å². The van der Waals surface area contributed by atoms with Gasteiger partial charge in [0.25, 0.3) is 5.91 Å². The van der Waals surface area contributed by atoms with Gasteiger partial charge in [-0.3, -0.25) is 14.5 Å². The third kappa shape index (κ3) is 3.82. The highest BCUT2D eigenvalue weighted by atomic mass is 16.2. The second-order valence-corrected chi connectivity index (χ2v) is 7.10. The van der Waals surface area contributed by atoms with Crippen molar-refractivity contribution in [3.8, 4) is 0 Å². The third-order valence-corrected chi connectivity index (χ3v) is 5.13. The largest absolute Gasteiger partial charge is 0.345 e. The molecular weight excluding hydrogens is 366 g/mol. The lowest BCUT2D eigenvalue weighted by Crippen LogP contribution is -2.30. The Balaban J connectivity index is 1.45. The summed E-state index contributed by atoms with van der Waals surface area (Å²) in [6.07, 6.45) is 0. The topological polar surface area (TPSA) is 78.5 Å². The molecule has 0 bridgehead atoms. The lowest BCUT2D eigenvalue weighted by atomic mass is 9.99. The highest BCUT2D eigenvalue weighted by Crippen LogP contribution is 2.24. The minimum absolute atomic E-state index is 0.0331. The summed E-state index contributed by atoms with van der Waals surface area (Å²) >= 11 is 0. The molecular formula is C23H21N3O3. The van der Waals surface area contributed by atoms with Gasteiger partial charge in [0.05, 0.1) is 19.1 Å². The first-order valence-corrected chi connectivity index (χ1v) is 9.48. The van der Waals surface area contributed by atoms with E-state index in [1.807, 2.05) is 31.2 Å². The van der Waals surface area contributed by atoms with Crippen molar-refractivity contribution in [3.63, 3.8) is 0 Å². The number of nitrogens with zero attached hydrogens (tertiary/aromatic N) is 1. The summed E-state index contributed by atoms with van der Waals surface area (Å²) in [5, 5.41) is 7.79. The van der Waals surface area contributed by atoms with Gasteiger partial charge in [-0.15, -0.1) is 0 Å². The van der Waals surface area contributed by atoms with Crippen molar-refractivity contribution in [1.82, 2.24) is 15.5 Å². The maximum atomic E-state index is 12.7.